The number of methoxy groups -OCH3 is 1. The Balaban J connectivity index is 2.64. The number of rotatable bonds is 6. The van der Waals surface area contributed by atoms with Gasteiger partial charge in [-0.2, -0.15) is 0 Å². The second kappa shape index (κ2) is 6.62. The lowest BCUT2D eigenvalue weighted by atomic mass is 10.0. The van der Waals surface area contributed by atoms with Crippen LogP contribution in [0.15, 0.2) is 18.2 Å². The van der Waals surface area contributed by atoms with Crippen molar-refractivity contribution in [2.45, 2.75) is 39.3 Å². The lowest BCUT2D eigenvalue weighted by Gasteiger charge is -2.18. The molecule has 0 bridgehead atoms. The molecular weight excluding hydrogens is 214 g/mol. The molecule has 3 nitrogen and oxygen atoms in total. The first-order valence-corrected chi connectivity index (χ1v) is 6.10. The van der Waals surface area contributed by atoms with Gasteiger partial charge in [-0.1, -0.05) is 12.1 Å². The number of nitrogens with one attached hydrogen (secondary N) is 1. The fourth-order valence-electron chi connectivity index (χ4n) is 1.79. The van der Waals surface area contributed by atoms with Crippen LogP contribution in [-0.4, -0.2) is 24.9 Å². The van der Waals surface area contributed by atoms with Crippen LogP contribution in [0, 0.1) is 6.92 Å². The van der Waals surface area contributed by atoms with Gasteiger partial charge in [-0.3, -0.25) is 0 Å². The van der Waals surface area contributed by atoms with E-state index in [4.69, 9.17) is 4.74 Å². The van der Waals surface area contributed by atoms with Crippen LogP contribution in [0.4, 0.5) is 0 Å². The van der Waals surface area contributed by atoms with Crippen molar-refractivity contribution in [3.8, 4) is 5.75 Å². The summed E-state index contributed by atoms with van der Waals surface area (Å²) in [6, 6.07) is 6.45. The third kappa shape index (κ3) is 4.36. The third-order valence-corrected chi connectivity index (χ3v) is 2.87. The molecule has 2 atom stereocenters. The molecule has 0 aliphatic carbocycles. The monoisotopic (exact) mass is 237 g/mol. The molecule has 0 fully saturated rings. The SMILES string of the molecule is COc1cc(C)ccc1C(C)NCCC(C)O. The zero-order valence-corrected chi connectivity index (χ0v) is 11.2. The molecular formula is C14H23NO2. The number of aryl methyl sites for hydroxylation is 1. The summed E-state index contributed by atoms with van der Waals surface area (Å²) in [5.41, 5.74) is 2.35. The van der Waals surface area contributed by atoms with Crippen LogP contribution in [0.1, 0.15) is 37.4 Å². The molecule has 17 heavy (non-hydrogen) atoms. The Bertz CT molecular complexity index is 350. The van der Waals surface area contributed by atoms with Crippen LogP contribution in [0.2, 0.25) is 0 Å². The highest BCUT2D eigenvalue weighted by atomic mass is 16.5. The molecule has 0 amide bonds. The Morgan fingerprint density at radius 3 is 2.65 bits per heavy atom. The van der Waals surface area contributed by atoms with Crippen molar-refractivity contribution in [3.05, 3.63) is 29.3 Å². The Morgan fingerprint density at radius 2 is 2.06 bits per heavy atom. The maximum Gasteiger partial charge on any atom is 0.123 e. The van der Waals surface area contributed by atoms with Gasteiger partial charge in [-0.25, -0.2) is 0 Å². The first-order valence-electron chi connectivity index (χ1n) is 6.10. The predicted molar refractivity (Wildman–Crippen MR) is 70.4 cm³/mol. The number of aliphatic hydroxyl groups is 1. The highest BCUT2D eigenvalue weighted by Crippen LogP contribution is 2.25. The molecule has 0 spiro atoms. The largest absolute Gasteiger partial charge is 0.496 e. The molecule has 1 rings (SSSR count). The molecule has 3 heteroatoms. The number of hydrogen-bond donors (Lipinski definition) is 2. The molecule has 2 unspecified atom stereocenters. The summed E-state index contributed by atoms with van der Waals surface area (Å²) in [6.45, 7) is 6.77. The van der Waals surface area contributed by atoms with Crippen LogP contribution < -0.4 is 10.1 Å². The standard InChI is InChI=1S/C14H23NO2/c1-10-5-6-13(14(9-10)17-4)12(3)15-8-7-11(2)16/h5-6,9,11-12,15-16H,7-8H2,1-4H3. The minimum atomic E-state index is -0.255. The molecule has 0 saturated heterocycles. The Labute approximate surface area is 104 Å². The van der Waals surface area contributed by atoms with Crippen molar-refractivity contribution in [3.63, 3.8) is 0 Å². The molecule has 0 heterocycles. The van der Waals surface area contributed by atoms with E-state index in [-0.39, 0.29) is 12.1 Å². The summed E-state index contributed by atoms with van der Waals surface area (Å²) in [6.07, 6.45) is 0.507. The first kappa shape index (κ1) is 14.0. The molecule has 0 radical (unpaired) electrons. The van der Waals surface area contributed by atoms with Crippen molar-refractivity contribution < 1.29 is 9.84 Å². The summed E-state index contributed by atoms with van der Waals surface area (Å²) in [7, 11) is 1.70. The van der Waals surface area contributed by atoms with E-state index in [1.165, 1.54) is 5.56 Å². The fourth-order valence-corrected chi connectivity index (χ4v) is 1.79. The van der Waals surface area contributed by atoms with Gasteiger partial charge in [0.05, 0.1) is 13.2 Å². The van der Waals surface area contributed by atoms with Crippen LogP contribution in [0.25, 0.3) is 0 Å². The molecule has 0 aliphatic rings. The molecule has 0 aromatic heterocycles. The first-order chi connectivity index (χ1) is 8.04. The normalized spacial score (nSPS) is 14.4. The highest BCUT2D eigenvalue weighted by Gasteiger charge is 2.10. The van der Waals surface area contributed by atoms with Crippen molar-refractivity contribution in [1.29, 1.82) is 0 Å². The summed E-state index contributed by atoms with van der Waals surface area (Å²) < 4.78 is 5.39. The zero-order valence-electron chi connectivity index (χ0n) is 11.2. The number of benzene rings is 1. The van der Waals surface area contributed by atoms with E-state index in [1.807, 2.05) is 6.07 Å². The average molecular weight is 237 g/mol. The Morgan fingerprint density at radius 1 is 1.35 bits per heavy atom. The average Bonchev–Trinajstić information content (AvgIpc) is 2.28. The lowest BCUT2D eigenvalue weighted by Crippen LogP contribution is -2.23. The van der Waals surface area contributed by atoms with E-state index in [0.29, 0.717) is 0 Å². The van der Waals surface area contributed by atoms with Crippen LogP contribution in [0.5, 0.6) is 5.75 Å². The summed E-state index contributed by atoms with van der Waals surface area (Å²) >= 11 is 0. The third-order valence-electron chi connectivity index (χ3n) is 2.87. The van der Waals surface area contributed by atoms with Gasteiger partial charge in [0.15, 0.2) is 0 Å². The summed E-state index contributed by atoms with van der Waals surface area (Å²) in [4.78, 5) is 0. The molecule has 1 aromatic carbocycles. The molecule has 1 aromatic rings. The fraction of sp³-hybridized carbons (Fsp3) is 0.571. The summed E-state index contributed by atoms with van der Waals surface area (Å²) in [5, 5.41) is 12.6. The second-order valence-corrected chi connectivity index (χ2v) is 4.56. The van der Waals surface area contributed by atoms with E-state index in [9.17, 15) is 5.11 Å². The highest BCUT2D eigenvalue weighted by molar-refractivity contribution is 5.38. The van der Waals surface area contributed by atoms with Gasteiger partial charge in [0.2, 0.25) is 0 Å². The smallest absolute Gasteiger partial charge is 0.123 e. The maximum atomic E-state index is 9.21. The van der Waals surface area contributed by atoms with E-state index in [2.05, 4.69) is 31.3 Å². The molecule has 0 saturated carbocycles. The van der Waals surface area contributed by atoms with E-state index < -0.39 is 0 Å². The van der Waals surface area contributed by atoms with Gasteiger partial charge in [-0.05, 0) is 45.4 Å². The molecule has 96 valence electrons. The van der Waals surface area contributed by atoms with Crippen LogP contribution >= 0.6 is 0 Å². The van der Waals surface area contributed by atoms with Gasteiger partial charge < -0.3 is 15.2 Å². The topological polar surface area (TPSA) is 41.5 Å². The molecule has 0 aliphatic heterocycles. The number of hydrogen-bond acceptors (Lipinski definition) is 3. The second-order valence-electron chi connectivity index (χ2n) is 4.56. The van der Waals surface area contributed by atoms with Crippen LogP contribution in [0.3, 0.4) is 0 Å². The summed E-state index contributed by atoms with van der Waals surface area (Å²) in [5.74, 6) is 0.919. The predicted octanol–water partition coefficient (Wildman–Crippen LogP) is 2.43. The number of aliphatic hydroxyl groups excluding tert-OH is 1. The minimum absolute atomic E-state index is 0.226. The van der Waals surface area contributed by atoms with Gasteiger partial charge in [0.25, 0.3) is 0 Å². The van der Waals surface area contributed by atoms with Crippen molar-refractivity contribution in [2.75, 3.05) is 13.7 Å². The van der Waals surface area contributed by atoms with Gasteiger partial charge >= 0.3 is 0 Å². The Kier molecular flexibility index (Phi) is 5.45. The zero-order chi connectivity index (χ0) is 12.8. The quantitative estimate of drug-likeness (QED) is 0.798. The van der Waals surface area contributed by atoms with E-state index in [1.54, 1.807) is 14.0 Å². The van der Waals surface area contributed by atoms with Crippen molar-refractivity contribution >= 4 is 0 Å². The van der Waals surface area contributed by atoms with Gasteiger partial charge in [0.1, 0.15) is 5.75 Å². The molecule has 2 N–H and O–H groups in total. The minimum Gasteiger partial charge on any atom is -0.496 e. The Hall–Kier alpha value is -1.06. The van der Waals surface area contributed by atoms with E-state index in [0.717, 1.165) is 24.3 Å². The van der Waals surface area contributed by atoms with Crippen molar-refractivity contribution in [2.24, 2.45) is 0 Å². The number of ether oxygens (including phenoxy) is 1. The van der Waals surface area contributed by atoms with Crippen LogP contribution in [-0.2, 0) is 0 Å². The maximum absolute atomic E-state index is 9.21. The van der Waals surface area contributed by atoms with Gasteiger partial charge in [0, 0.05) is 11.6 Å². The van der Waals surface area contributed by atoms with E-state index >= 15 is 0 Å². The lowest BCUT2D eigenvalue weighted by molar-refractivity contribution is 0.182. The van der Waals surface area contributed by atoms with Crippen molar-refractivity contribution in [1.82, 2.24) is 5.32 Å². The van der Waals surface area contributed by atoms with Gasteiger partial charge in [-0.15, -0.1) is 0 Å².